The van der Waals surface area contributed by atoms with Gasteiger partial charge in [0, 0.05) is 13.1 Å². The topological polar surface area (TPSA) is 58.1 Å². The van der Waals surface area contributed by atoms with E-state index in [2.05, 4.69) is 36.1 Å². The van der Waals surface area contributed by atoms with Gasteiger partial charge in [0.2, 0.25) is 5.91 Å². The van der Waals surface area contributed by atoms with Gasteiger partial charge in [0.15, 0.2) is 5.69 Å². The van der Waals surface area contributed by atoms with E-state index in [4.69, 9.17) is 0 Å². The summed E-state index contributed by atoms with van der Waals surface area (Å²) in [5, 5.41) is 2.61. The Labute approximate surface area is 126 Å². The smallest absolute Gasteiger partial charge is 0.360 e. The number of amides is 1. The van der Waals surface area contributed by atoms with Crippen LogP contribution in [-0.2, 0) is 11.0 Å². The van der Waals surface area contributed by atoms with E-state index in [1.807, 2.05) is 0 Å². The molecule has 1 atom stereocenters. The number of nitrogens with one attached hydrogen (secondary N) is 1. The number of alkyl halides is 3. The first-order valence-corrected chi connectivity index (χ1v) is 7.00. The van der Waals surface area contributed by atoms with Crippen LogP contribution in [0.4, 0.5) is 19.0 Å². The van der Waals surface area contributed by atoms with Gasteiger partial charge in [-0.25, -0.2) is 4.98 Å². The summed E-state index contributed by atoms with van der Waals surface area (Å²) in [4.78, 5) is 20.8. The molecule has 0 aliphatic carbocycles. The van der Waals surface area contributed by atoms with Crippen molar-refractivity contribution in [2.45, 2.75) is 26.9 Å². The molecule has 0 bridgehead atoms. The van der Waals surface area contributed by atoms with Gasteiger partial charge in [-0.05, 0) is 11.3 Å². The van der Waals surface area contributed by atoms with Gasteiger partial charge >= 0.3 is 6.18 Å². The van der Waals surface area contributed by atoms with Crippen LogP contribution in [0.1, 0.15) is 26.5 Å². The molecular formula is C14H19F3N4O. The molecule has 1 N–H and O–H groups in total. The summed E-state index contributed by atoms with van der Waals surface area (Å²) in [6.45, 7) is 7.47. The number of rotatable bonds is 3. The van der Waals surface area contributed by atoms with Crippen molar-refractivity contribution in [2.75, 3.05) is 25.0 Å². The van der Waals surface area contributed by atoms with Crippen molar-refractivity contribution in [3.63, 3.8) is 0 Å². The average molecular weight is 316 g/mol. The highest BCUT2D eigenvalue weighted by Crippen LogP contribution is 2.34. The molecule has 1 aromatic heterocycles. The Balaban J connectivity index is 1.95. The van der Waals surface area contributed by atoms with Crippen LogP contribution in [0.2, 0.25) is 0 Å². The molecule has 0 aromatic carbocycles. The Bertz CT molecular complexity index is 559. The summed E-state index contributed by atoms with van der Waals surface area (Å²) in [7, 11) is 0. The number of anilines is 1. The molecule has 22 heavy (non-hydrogen) atoms. The first kappa shape index (κ1) is 16.5. The predicted molar refractivity (Wildman–Crippen MR) is 75.0 cm³/mol. The van der Waals surface area contributed by atoms with E-state index in [0.29, 0.717) is 25.2 Å². The van der Waals surface area contributed by atoms with E-state index < -0.39 is 11.9 Å². The van der Waals surface area contributed by atoms with E-state index in [1.54, 1.807) is 4.90 Å². The number of likely N-dealkylation sites (tertiary alicyclic amines) is 1. The highest BCUT2D eigenvalue weighted by atomic mass is 19.4. The lowest BCUT2D eigenvalue weighted by Gasteiger charge is -2.22. The van der Waals surface area contributed by atoms with E-state index in [1.165, 1.54) is 6.20 Å². The third-order valence-corrected chi connectivity index (χ3v) is 4.13. The van der Waals surface area contributed by atoms with Gasteiger partial charge in [0.1, 0.15) is 5.82 Å². The second-order valence-electron chi connectivity index (χ2n) is 6.30. The summed E-state index contributed by atoms with van der Waals surface area (Å²) >= 11 is 0. The molecule has 1 unspecified atom stereocenters. The fraction of sp³-hybridized carbons (Fsp3) is 0.643. The Hall–Kier alpha value is -1.86. The molecule has 0 radical (unpaired) electrons. The zero-order valence-electron chi connectivity index (χ0n) is 12.7. The second-order valence-corrected chi connectivity index (χ2v) is 6.30. The Morgan fingerprint density at radius 3 is 2.68 bits per heavy atom. The Morgan fingerprint density at radius 1 is 1.45 bits per heavy atom. The Kier molecular flexibility index (Phi) is 4.30. The van der Waals surface area contributed by atoms with Gasteiger partial charge in [-0.3, -0.25) is 9.78 Å². The van der Waals surface area contributed by atoms with E-state index >= 15 is 0 Å². The van der Waals surface area contributed by atoms with Crippen molar-refractivity contribution in [3.8, 4) is 0 Å². The molecule has 1 aliphatic heterocycles. The monoisotopic (exact) mass is 316 g/mol. The van der Waals surface area contributed by atoms with Crippen molar-refractivity contribution >= 4 is 11.7 Å². The number of carbonyl (C=O) groups excluding carboxylic acids is 1. The maximum atomic E-state index is 12.5. The number of carbonyl (C=O) groups is 1. The zero-order valence-corrected chi connectivity index (χ0v) is 12.7. The molecule has 8 heteroatoms. The van der Waals surface area contributed by atoms with Gasteiger partial charge in [-0.15, -0.1) is 0 Å². The van der Waals surface area contributed by atoms with Crippen molar-refractivity contribution in [1.29, 1.82) is 0 Å². The molecule has 0 saturated carbocycles. The number of hydrogen-bond donors (Lipinski definition) is 1. The minimum absolute atomic E-state index is 0.0473. The highest BCUT2D eigenvalue weighted by molar-refractivity contribution is 5.80. The minimum Gasteiger partial charge on any atom is -0.360 e. The predicted octanol–water partition coefficient (Wildman–Crippen LogP) is 2.41. The Morgan fingerprint density at radius 2 is 2.14 bits per heavy atom. The molecular weight excluding hydrogens is 297 g/mol. The quantitative estimate of drug-likeness (QED) is 0.930. The average Bonchev–Trinajstić information content (AvgIpc) is 2.70. The fourth-order valence-electron chi connectivity index (χ4n) is 2.35. The lowest BCUT2D eigenvalue weighted by Crippen LogP contribution is -2.35. The molecule has 122 valence electrons. The molecule has 0 spiro atoms. The van der Waals surface area contributed by atoms with Crippen LogP contribution in [0.5, 0.6) is 0 Å². The van der Waals surface area contributed by atoms with Gasteiger partial charge in [-0.1, -0.05) is 20.8 Å². The molecule has 2 heterocycles. The van der Waals surface area contributed by atoms with Crippen LogP contribution in [-0.4, -0.2) is 40.4 Å². The largest absolute Gasteiger partial charge is 0.434 e. The number of nitrogens with zero attached hydrogens (tertiary/aromatic N) is 3. The van der Waals surface area contributed by atoms with E-state index in [9.17, 15) is 18.0 Å². The molecule has 1 aliphatic rings. The van der Waals surface area contributed by atoms with Crippen LogP contribution >= 0.6 is 0 Å². The number of hydrogen-bond acceptors (Lipinski definition) is 4. The first-order chi connectivity index (χ1) is 10.1. The standard InChI is InChI=1S/C14H19F3N4O/c1-9-7-21(8-13(9,2)3)12(22)6-19-11-5-18-4-10(20-11)14(15,16)17/h4-5,9H,6-8H2,1-3H3,(H,19,20). The summed E-state index contributed by atoms with van der Waals surface area (Å²) in [5.74, 6) is 0.163. The van der Waals surface area contributed by atoms with Crippen LogP contribution in [0.3, 0.4) is 0 Å². The summed E-state index contributed by atoms with van der Waals surface area (Å²) in [6, 6.07) is 0. The molecule has 1 saturated heterocycles. The van der Waals surface area contributed by atoms with Crippen molar-refractivity contribution in [3.05, 3.63) is 18.1 Å². The third-order valence-electron chi connectivity index (χ3n) is 4.13. The van der Waals surface area contributed by atoms with Crippen LogP contribution < -0.4 is 5.32 Å². The highest BCUT2D eigenvalue weighted by Gasteiger charge is 2.38. The maximum Gasteiger partial charge on any atom is 0.434 e. The third kappa shape index (κ3) is 3.66. The number of aromatic nitrogens is 2. The van der Waals surface area contributed by atoms with Crippen molar-refractivity contribution < 1.29 is 18.0 Å². The first-order valence-electron chi connectivity index (χ1n) is 7.00. The molecule has 2 rings (SSSR count). The zero-order chi connectivity index (χ0) is 16.5. The maximum absolute atomic E-state index is 12.5. The SMILES string of the molecule is CC1CN(C(=O)CNc2cncc(C(F)(F)F)n2)CC1(C)C. The van der Waals surface area contributed by atoms with Gasteiger partial charge < -0.3 is 10.2 Å². The van der Waals surface area contributed by atoms with Gasteiger partial charge in [0.05, 0.1) is 18.9 Å². The minimum atomic E-state index is -4.55. The van der Waals surface area contributed by atoms with E-state index in [0.717, 1.165) is 0 Å². The van der Waals surface area contributed by atoms with Crippen molar-refractivity contribution in [1.82, 2.24) is 14.9 Å². The fourth-order valence-corrected chi connectivity index (χ4v) is 2.35. The number of halogens is 3. The molecule has 1 aromatic rings. The summed E-state index contributed by atoms with van der Waals surface area (Å²) in [6.07, 6.45) is -2.74. The molecule has 1 fully saturated rings. The molecule has 1 amide bonds. The van der Waals surface area contributed by atoms with Gasteiger partial charge in [0.25, 0.3) is 0 Å². The summed E-state index contributed by atoms with van der Waals surface area (Å²) in [5.41, 5.74) is -1.04. The van der Waals surface area contributed by atoms with Crippen molar-refractivity contribution in [2.24, 2.45) is 11.3 Å². The van der Waals surface area contributed by atoms with Crippen LogP contribution in [0.25, 0.3) is 0 Å². The lowest BCUT2D eigenvalue weighted by molar-refractivity contribution is -0.141. The van der Waals surface area contributed by atoms with Crippen LogP contribution in [0.15, 0.2) is 12.4 Å². The second kappa shape index (κ2) is 5.73. The normalized spacial score (nSPS) is 21.0. The molecule has 5 nitrogen and oxygen atoms in total. The lowest BCUT2D eigenvalue weighted by atomic mass is 9.84. The summed E-state index contributed by atoms with van der Waals surface area (Å²) < 4.78 is 37.6. The van der Waals surface area contributed by atoms with Crippen LogP contribution in [0, 0.1) is 11.3 Å². The van der Waals surface area contributed by atoms with Gasteiger partial charge in [-0.2, -0.15) is 13.2 Å². The van der Waals surface area contributed by atoms with E-state index in [-0.39, 0.29) is 23.7 Å².